The molecule has 0 bridgehead atoms. The molecule has 0 aliphatic rings. The van der Waals surface area contributed by atoms with Gasteiger partial charge in [-0.25, -0.2) is 8.78 Å². The van der Waals surface area contributed by atoms with Crippen LogP contribution < -0.4 is 4.74 Å². The number of furan rings is 1. The summed E-state index contributed by atoms with van der Waals surface area (Å²) in [6, 6.07) is 3.59. The second-order valence-electron chi connectivity index (χ2n) is 2.92. The van der Waals surface area contributed by atoms with E-state index in [2.05, 4.69) is 4.98 Å². The van der Waals surface area contributed by atoms with E-state index in [1.165, 1.54) is 6.26 Å². The minimum atomic E-state index is -1.41. The van der Waals surface area contributed by atoms with Gasteiger partial charge in [-0.05, 0) is 12.1 Å². The predicted octanol–water partition coefficient (Wildman–Crippen LogP) is 2.67. The van der Waals surface area contributed by atoms with Crippen molar-refractivity contribution in [3.05, 3.63) is 47.8 Å². The fourth-order valence-corrected chi connectivity index (χ4v) is 1.06. The summed E-state index contributed by atoms with van der Waals surface area (Å²) in [5, 5.41) is 0. The van der Waals surface area contributed by atoms with E-state index in [4.69, 9.17) is 9.15 Å². The molecule has 16 heavy (non-hydrogen) atoms. The van der Waals surface area contributed by atoms with Gasteiger partial charge in [0.15, 0.2) is 11.6 Å². The molecule has 0 radical (unpaired) electrons. The molecule has 0 aromatic carbocycles. The number of hydrogen-bond donors (Lipinski definition) is 0. The zero-order chi connectivity index (χ0) is 11.5. The molecule has 3 nitrogen and oxygen atoms in total. The van der Waals surface area contributed by atoms with Crippen LogP contribution in [0.1, 0.15) is 5.76 Å². The number of rotatable bonds is 3. The minimum Gasteiger partial charge on any atom is -0.467 e. The van der Waals surface area contributed by atoms with Gasteiger partial charge in [-0.15, -0.1) is 0 Å². The second-order valence-corrected chi connectivity index (χ2v) is 2.92. The molecule has 2 rings (SSSR count). The first-order chi connectivity index (χ1) is 7.66. The van der Waals surface area contributed by atoms with Crippen molar-refractivity contribution < 1.29 is 22.3 Å². The third-order valence-electron chi connectivity index (χ3n) is 1.79. The predicted molar refractivity (Wildman–Crippen MR) is 47.2 cm³/mol. The Labute approximate surface area is 88.5 Å². The number of aromatic nitrogens is 1. The summed E-state index contributed by atoms with van der Waals surface area (Å²) in [5.74, 6) is -4.01. The fraction of sp³-hybridized carbons (Fsp3) is 0.100. The number of ether oxygens (including phenoxy) is 1. The van der Waals surface area contributed by atoms with Crippen molar-refractivity contribution in [2.45, 2.75) is 6.61 Å². The summed E-state index contributed by atoms with van der Waals surface area (Å²) in [6.07, 6.45) is 1.41. The van der Waals surface area contributed by atoms with Crippen LogP contribution in [0, 0.1) is 17.6 Å². The quantitative estimate of drug-likeness (QED) is 0.759. The summed E-state index contributed by atoms with van der Waals surface area (Å²) in [6.45, 7) is -0.109. The van der Waals surface area contributed by atoms with Gasteiger partial charge in [0.05, 0.1) is 6.26 Å². The molecule has 0 saturated carbocycles. The van der Waals surface area contributed by atoms with Gasteiger partial charge < -0.3 is 9.15 Å². The van der Waals surface area contributed by atoms with Crippen LogP contribution in [0.4, 0.5) is 13.2 Å². The third-order valence-corrected chi connectivity index (χ3v) is 1.79. The Kier molecular flexibility index (Phi) is 2.80. The van der Waals surface area contributed by atoms with Crippen LogP contribution >= 0.6 is 0 Å². The molecule has 0 atom stereocenters. The van der Waals surface area contributed by atoms with Crippen molar-refractivity contribution in [2.24, 2.45) is 0 Å². The molecule has 0 amide bonds. The molecule has 0 aliphatic heterocycles. The van der Waals surface area contributed by atoms with E-state index >= 15 is 0 Å². The Morgan fingerprint density at radius 1 is 1.25 bits per heavy atom. The van der Waals surface area contributed by atoms with Crippen molar-refractivity contribution in [3.63, 3.8) is 0 Å². The van der Waals surface area contributed by atoms with Crippen molar-refractivity contribution in [2.75, 3.05) is 0 Å². The first-order valence-corrected chi connectivity index (χ1v) is 4.33. The lowest BCUT2D eigenvalue weighted by Gasteiger charge is -2.04. The van der Waals surface area contributed by atoms with Crippen LogP contribution in [0.15, 0.2) is 28.9 Å². The Balaban J connectivity index is 2.12. The van der Waals surface area contributed by atoms with Gasteiger partial charge in [0.1, 0.15) is 12.4 Å². The molecule has 0 unspecified atom stereocenters. The first kappa shape index (κ1) is 10.5. The van der Waals surface area contributed by atoms with Crippen LogP contribution in [0.5, 0.6) is 5.88 Å². The molecule has 2 heterocycles. The molecule has 2 aromatic heterocycles. The Morgan fingerprint density at radius 3 is 2.75 bits per heavy atom. The highest BCUT2D eigenvalue weighted by Gasteiger charge is 2.13. The summed E-state index contributed by atoms with van der Waals surface area (Å²) < 4.78 is 48.0. The molecule has 0 aliphatic carbocycles. The molecule has 2 aromatic rings. The van der Waals surface area contributed by atoms with Crippen LogP contribution in [0.2, 0.25) is 0 Å². The molecule has 6 heteroatoms. The van der Waals surface area contributed by atoms with Crippen LogP contribution in [0.3, 0.4) is 0 Å². The number of halogens is 3. The lowest BCUT2D eigenvalue weighted by Crippen LogP contribution is -2.02. The van der Waals surface area contributed by atoms with Gasteiger partial charge in [-0.1, -0.05) is 0 Å². The van der Waals surface area contributed by atoms with E-state index in [9.17, 15) is 13.2 Å². The van der Waals surface area contributed by atoms with Gasteiger partial charge in [0.2, 0.25) is 0 Å². The number of pyridine rings is 1. The standard InChI is InChI=1S/C10H6F3NO2/c11-7-4-8(12)10(14-9(7)13)16-5-6-2-1-3-15-6/h1-4H,5H2. The highest BCUT2D eigenvalue weighted by Crippen LogP contribution is 2.17. The zero-order valence-corrected chi connectivity index (χ0v) is 7.91. The van der Waals surface area contributed by atoms with Crippen molar-refractivity contribution >= 4 is 0 Å². The lowest BCUT2D eigenvalue weighted by molar-refractivity contribution is 0.242. The van der Waals surface area contributed by atoms with Gasteiger partial charge in [-0.2, -0.15) is 9.37 Å². The Morgan fingerprint density at radius 2 is 2.06 bits per heavy atom. The molecule has 0 spiro atoms. The SMILES string of the molecule is Fc1cc(F)c(OCc2ccco2)nc1F. The highest BCUT2D eigenvalue weighted by atomic mass is 19.2. The smallest absolute Gasteiger partial charge is 0.253 e. The van der Waals surface area contributed by atoms with Crippen molar-refractivity contribution in [1.82, 2.24) is 4.98 Å². The normalized spacial score (nSPS) is 10.4. The van der Waals surface area contributed by atoms with Crippen LogP contribution in [-0.4, -0.2) is 4.98 Å². The maximum Gasteiger partial charge on any atom is 0.253 e. The van der Waals surface area contributed by atoms with E-state index in [0.29, 0.717) is 11.8 Å². The average Bonchev–Trinajstić information content (AvgIpc) is 2.74. The summed E-state index contributed by atoms with van der Waals surface area (Å²) in [7, 11) is 0. The summed E-state index contributed by atoms with van der Waals surface area (Å²) in [5.41, 5.74) is 0. The molecule has 0 saturated heterocycles. The molecule has 0 fully saturated rings. The number of hydrogen-bond acceptors (Lipinski definition) is 3. The Bertz CT molecular complexity index is 485. The van der Waals surface area contributed by atoms with Crippen molar-refractivity contribution in [1.29, 1.82) is 0 Å². The van der Waals surface area contributed by atoms with E-state index in [0.717, 1.165) is 0 Å². The second kappa shape index (κ2) is 4.26. The molecular weight excluding hydrogens is 223 g/mol. The van der Waals surface area contributed by atoms with Gasteiger partial charge in [0.25, 0.3) is 11.8 Å². The van der Waals surface area contributed by atoms with Crippen molar-refractivity contribution in [3.8, 4) is 5.88 Å². The van der Waals surface area contributed by atoms with E-state index in [-0.39, 0.29) is 6.61 Å². The lowest BCUT2D eigenvalue weighted by atomic mass is 10.4. The van der Waals surface area contributed by atoms with Gasteiger partial charge in [-0.3, -0.25) is 0 Å². The summed E-state index contributed by atoms with van der Waals surface area (Å²) >= 11 is 0. The Hall–Kier alpha value is -1.98. The summed E-state index contributed by atoms with van der Waals surface area (Å²) in [4.78, 5) is 2.99. The molecular formula is C10H6F3NO2. The third kappa shape index (κ3) is 2.16. The number of nitrogens with zero attached hydrogens (tertiary/aromatic N) is 1. The van der Waals surface area contributed by atoms with Gasteiger partial charge >= 0.3 is 0 Å². The van der Waals surface area contributed by atoms with E-state index in [1.807, 2.05) is 0 Å². The molecule has 84 valence electrons. The van der Waals surface area contributed by atoms with E-state index < -0.39 is 23.5 Å². The topological polar surface area (TPSA) is 35.3 Å². The maximum atomic E-state index is 13.0. The largest absolute Gasteiger partial charge is 0.467 e. The van der Waals surface area contributed by atoms with Gasteiger partial charge in [0, 0.05) is 6.07 Å². The highest BCUT2D eigenvalue weighted by molar-refractivity contribution is 5.15. The monoisotopic (exact) mass is 229 g/mol. The minimum absolute atomic E-state index is 0.109. The van der Waals surface area contributed by atoms with Crippen LogP contribution in [0.25, 0.3) is 0 Å². The molecule has 0 N–H and O–H groups in total. The first-order valence-electron chi connectivity index (χ1n) is 4.33. The fourth-order valence-electron chi connectivity index (χ4n) is 1.06. The van der Waals surface area contributed by atoms with E-state index in [1.54, 1.807) is 12.1 Å². The zero-order valence-electron chi connectivity index (χ0n) is 7.91. The maximum absolute atomic E-state index is 13.0. The average molecular weight is 229 g/mol. The van der Waals surface area contributed by atoms with Crippen LogP contribution in [-0.2, 0) is 6.61 Å².